The molecule has 0 atom stereocenters. The fraction of sp³-hybridized carbons (Fsp3) is 0.500. The van der Waals surface area contributed by atoms with Crippen molar-refractivity contribution >= 4 is 0 Å². The predicted molar refractivity (Wildman–Crippen MR) is 60.0 cm³/mol. The third-order valence-electron chi connectivity index (χ3n) is 2.48. The molecule has 96 valence electrons. The number of alkyl halides is 3. The Labute approximate surface area is 99.0 Å². The van der Waals surface area contributed by atoms with Crippen LogP contribution in [-0.4, -0.2) is 31.4 Å². The third-order valence-corrected chi connectivity index (χ3v) is 2.48. The van der Waals surface area contributed by atoms with E-state index in [0.717, 1.165) is 25.1 Å². The zero-order valence-electron chi connectivity index (χ0n) is 9.92. The van der Waals surface area contributed by atoms with Crippen molar-refractivity contribution in [2.45, 2.75) is 19.7 Å². The van der Waals surface area contributed by atoms with Gasteiger partial charge in [0.15, 0.2) is 0 Å². The second kappa shape index (κ2) is 5.91. The normalized spacial score (nSPS) is 11.9. The largest absolute Gasteiger partial charge is 0.573 e. The average Bonchev–Trinajstić information content (AvgIpc) is 2.25. The molecule has 0 radical (unpaired) electrons. The second-order valence-corrected chi connectivity index (χ2v) is 3.84. The van der Waals surface area contributed by atoms with Crippen LogP contribution in [0.3, 0.4) is 0 Å². The van der Waals surface area contributed by atoms with Gasteiger partial charge in [-0.25, -0.2) is 0 Å². The highest BCUT2D eigenvalue weighted by atomic mass is 19.4. The predicted octanol–water partition coefficient (Wildman–Crippen LogP) is 3.08. The molecule has 2 nitrogen and oxygen atoms in total. The lowest BCUT2D eigenvalue weighted by Crippen LogP contribution is -2.20. The lowest BCUT2D eigenvalue weighted by Gasteiger charge is -2.13. The first-order valence-corrected chi connectivity index (χ1v) is 5.44. The summed E-state index contributed by atoms with van der Waals surface area (Å²) < 4.78 is 39.5. The fourth-order valence-electron chi connectivity index (χ4n) is 1.34. The molecule has 0 aliphatic carbocycles. The summed E-state index contributed by atoms with van der Waals surface area (Å²) >= 11 is 0. The Bertz CT molecular complexity index is 335. The Morgan fingerprint density at radius 3 is 2.24 bits per heavy atom. The SMILES string of the molecule is CCN(C)CCc1ccc(OC(F)(F)F)cc1. The summed E-state index contributed by atoms with van der Waals surface area (Å²) in [6, 6.07) is 6.00. The minimum Gasteiger partial charge on any atom is -0.406 e. The van der Waals surface area contributed by atoms with Gasteiger partial charge in [0.25, 0.3) is 0 Å². The average molecular weight is 247 g/mol. The van der Waals surface area contributed by atoms with Crippen molar-refractivity contribution in [1.29, 1.82) is 0 Å². The number of halogens is 3. The maximum atomic E-state index is 11.9. The van der Waals surface area contributed by atoms with Crippen LogP contribution in [0.25, 0.3) is 0 Å². The van der Waals surface area contributed by atoms with E-state index < -0.39 is 6.36 Å². The summed E-state index contributed by atoms with van der Waals surface area (Å²) in [5.41, 5.74) is 1.000. The molecular formula is C12H16F3NO. The van der Waals surface area contributed by atoms with Gasteiger partial charge in [-0.2, -0.15) is 0 Å². The van der Waals surface area contributed by atoms with Crippen LogP contribution in [0.5, 0.6) is 5.75 Å². The molecule has 5 heteroatoms. The Morgan fingerprint density at radius 2 is 1.76 bits per heavy atom. The van der Waals surface area contributed by atoms with Gasteiger partial charge in [-0.1, -0.05) is 19.1 Å². The summed E-state index contributed by atoms with van der Waals surface area (Å²) in [7, 11) is 2.00. The Morgan fingerprint density at radius 1 is 1.18 bits per heavy atom. The highest BCUT2D eigenvalue weighted by Gasteiger charge is 2.30. The van der Waals surface area contributed by atoms with E-state index in [0.29, 0.717) is 0 Å². The second-order valence-electron chi connectivity index (χ2n) is 3.84. The number of rotatable bonds is 5. The van der Waals surface area contributed by atoms with Crippen molar-refractivity contribution in [2.75, 3.05) is 20.1 Å². The van der Waals surface area contributed by atoms with Crippen molar-refractivity contribution in [2.24, 2.45) is 0 Å². The molecule has 0 N–H and O–H groups in total. The van der Waals surface area contributed by atoms with Gasteiger partial charge >= 0.3 is 6.36 Å². The molecule has 0 saturated heterocycles. The molecule has 0 aromatic heterocycles. The number of hydrogen-bond acceptors (Lipinski definition) is 2. The van der Waals surface area contributed by atoms with Gasteiger partial charge in [0.2, 0.25) is 0 Å². The molecule has 0 fully saturated rings. The van der Waals surface area contributed by atoms with Gasteiger partial charge in [-0.05, 0) is 37.7 Å². The van der Waals surface area contributed by atoms with Crippen LogP contribution in [0.4, 0.5) is 13.2 Å². The van der Waals surface area contributed by atoms with E-state index in [2.05, 4.69) is 16.6 Å². The van der Waals surface area contributed by atoms with Crippen LogP contribution in [0.1, 0.15) is 12.5 Å². The minimum atomic E-state index is -4.62. The Kier molecular flexibility index (Phi) is 4.81. The summed E-state index contributed by atoms with van der Waals surface area (Å²) in [6.45, 7) is 3.89. The molecule has 1 aromatic rings. The van der Waals surface area contributed by atoms with E-state index in [1.54, 1.807) is 12.1 Å². The molecule has 1 rings (SSSR count). The van der Waals surface area contributed by atoms with Gasteiger partial charge in [-0.3, -0.25) is 0 Å². The first-order chi connectivity index (χ1) is 7.90. The maximum absolute atomic E-state index is 11.9. The standard InChI is InChI=1S/C12H16F3NO/c1-3-16(2)9-8-10-4-6-11(7-5-10)17-12(13,14)15/h4-7H,3,8-9H2,1-2H3. The Balaban J connectivity index is 2.50. The highest BCUT2D eigenvalue weighted by molar-refractivity contribution is 5.27. The van der Waals surface area contributed by atoms with Crippen LogP contribution < -0.4 is 4.74 Å². The van der Waals surface area contributed by atoms with Crippen molar-refractivity contribution in [3.63, 3.8) is 0 Å². The van der Waals surface area contributed by atoms with E-state index in [9.17, 15) is 13.2 Å². The van der Waals surface area contributed by atoms with E-state index >= 15 is 0 Å². The first kappa shape index (κ1) is 13.8. The molecule has 1 aromatic carbocycles. The lowest BCUT2D eigenvalue weighted by atomic mass is 10.1. The molecule has 0 unspecified atom stereocenters. The molecule has 0 heterocycles. The van der Waals surface area contributed by atoms with E-state index in [-0.39, 0.29) is 5.75 Å². The number of hydrogen-bond donors (Lipinski definition) is 0. The van der Waals surface area contributed by atoms with Crippen LogP contribution in [-0.2, 0) is 6.42 Å². The molecule has 17 heavy (non-hydrogen) atoms. The van der Waals surface area contributed by atoms with Crippen molar-refractivity contribution < 1.29 is 17.9 Å². The van der Waals surface area contributed by atoms with Gasteiger partial charge in [-0.15, -0.1) is 13.2 Å². The summed E-state index contributed by atoms with van der Waals surface area (Å²) in [6.07, 6.45) is -3.80. The highest BCUT2D eigenvalue weighted by Crippen LogP contribution is 2.22. The summed E-state index contributed by atoms with van der Waals surface area (Å²) in [5, 5.41) is 0. The number of benzene rings is 1. The van der Waals surface area contributed by atoms with Gasteiger partial charge in [0.1, 0.15) is 5.75 Å². The van der Waals surface area contributed by atoms with E-state index in [4.69, 9.17) is 0 Å². The quantitative estimate of drug-likeness (QED) is 0.792. The third kappa shape index (κ3) is 5.58. The van der Waals surface area contributed by atoms with Crippen LogP contribution in [0.2, 0.25) is 0 Å². The van der Waals surface area contributed by atoms with Crippen molar-refractivity contribution in [1.82, 2.24) is 4.90 Å². The van der Waals surface area contributed by atoms with Crippen LogP contribution in [0.15, 0.2) is 24.3 Å². The van der Waals surface area contributed by atoms with Gasteiger partial charge in [0, 0.05) is 6.54 Å². The lowest BCUT2D eigenvalue weighted by molar-refractivity contribution is -0.274. The zero-order chi connectivity index (χ0) is 12.9. The number of ether oxygens (including phenoxy) is 1. The smallest absolute Gasteiger partial charge is 0.406 e. The summed E-state index contributed by atoms with van der Waals surface area (Å²) in [5.74, 6) is -0.176. The fourth-order valence-corrected chi connectivity index (χ4v) is 1.34. The zero-order valence-corrected chi connectivity index (χ0v) is 9.92. The van der Waals surface area contributed by atoms with Gasteiger partial charge in [0.05, 0.1) is 0 Å². The van der Waals surface area contributed by atoms with Crippen LogP contribution >= 0.6 is 0 Å². The minimum absolute atomic E-state index is 0.176. The molecule has 0 amide bonds. The maximum Gasteiger partial charge on any atom is 0.573 e. The monoisotopic (exact) mass is 247 g/mol. The first-order valence-electron chi connectivity index (χ1n) is 5.44. The van der Waals surface area contributed by atoms with E-state index in [1.807, 2.05) is 7.05 Å². The number of likely N-dealkylation sites (N-methyl/N-ethyl adjacent to an activating group) is 1. The van der Waals surface area contributed by atoms with Crippen molar-refractivity contribution in [3.8, 4) is 5.75 Å². The van der Waals surface area contributed by atoms with E-state index in [1.165, 1.54) is 12.1 Å². The molecule has 0 saturated carbocycles. The molecule has 0 bridgehead atoms. The molecule has 0 spiro atoms. The Hall–Kier alpha value is -1.23. The molecular weight excluding hydrogens is 231 g/mol. The van der Waals surface area contributed by atoms with Gasteiger partial charge < -0.3 is 9.64 Å². The van der Waals surface area contributed by atoms with Crippen LogP contribution in [0, 0.1) is 0 Å². The van der Waals surface area contributed by atoms with Crippen molar-refractivity contribution in [3.05, 3.63) is 29.8 Å². The summed E-state index contributed by atoms with van der Waals surface area (Å²) in [4.78, 5) is 2.14. The number of nitrogens with zero attached hydrogens (tertiary/aromatic N) is 1. The molecule has 0 aliphatic rings. The molecule has 0 aliphatic heterocycles. The topological polar surface area (TPSA) is 12.5 Å².